The molecule has 15 heavy (non-hydrogen) atoms. The van der Waals surface area contributed by atoms with Crippen molar-refractivity contribution < 1.29 is 8.78 Å². The normalized spacial score (nSPS) is 12.3. The van der Waals surface area contributed by atoms with Gasteiger partial charge >= 0.3 is 0 Å². The van der Waals surface area contributed by atoms with Crippen molar-refractivity contribution in [1.29, 1.82) is 0 Å². The number of aromatic nitrogens is 1. The maximum Gasteiger partial charge on any atom is 0.150 e. The summed E-state index contributed by atoms with van der Waals surface area (Å²) in [6, 6.07) is 2.26. The molecule has 3 heteroatoms. The largest absolute Gasteiger partial charge is 0.358 e. The third-order valence-corrected chi connectivity index (χ3v) is 2.51. The fraction of sp³-hybridized carbons (Fsp3) is 0.333. The molecule has 0 fully saturated rings. The summed E-state index contributed by atoms with van der Waals surface area (Å²) >= 11 is 0. The molecule has 1 nitrogen and oxygen atoms in total. The van der Waals surface area contributed by atoms with E-state index >= 15 is 0 Å². The van der Waals surface area contributed by atoms with Gasteiger partial charge in [-0.3, -0.25) is 0 Å². The van der Waals surface area contributed by atoms with Crippen LogP contribution in [0, 0.1) is 11.6 Å². The highest BCUT2D eigenvalue weighted by Gasteiger charge is 2.20. The summed E-state index contributed by atoms with van der Waals surface area (Å²) in [7, 11) is 0. The number of aromatic amines is 1. The van der Waals surface area contributed by atoms with Crippen molar-refractivity contribution in [1.82, 2.24) is 4.98 Å². The number of H-pyrrole nitrogens is 1. The fourth-order valence-electron chi connectivity index (χ4n) is 1.78. The Morgan fingerprint density at radius 2 is 1.80 bits per heavy atom. The van der Waals surface area contributed by atoms with E-state index in [1.165, 1.54) is 6.07 Å². The van der Waals surface area contributed by atoms with E-state index in [0.717, 1.165) is 11.6 Å². The summed E-state index contributed by atoms with van der Waals surface area (Å²) in [5.41, 5.74) is 1.18. The van der Waals surface area contributed by atoms with E-state index in [9.17, 15) is 8.78 Å². The summed E-state index contributed by atoms with van der Waals surface area (Å²) in [6.07, 6.45) is 1.74. The third kappa shape index (κ3) is 1.62. The SMILES string of the molecule is CC(C)(C)c1c[nH]c2c(F)cc(F)cc12. The molecular formula is C12H13F2N. The van der Waals surface area contributed by atoms with Crippen molar-refractivity contribution in [3.8, 4) is 0 Å². The average Bonchev–Trinajstić information content (AvgIpc) is 2.45. The van der Waals surface area contributed by atoms with Crippen molar-refractivity contribution in [2.75, 3.05) is 0 Å². The number of nitrogens with one attached hydrogen (secondary N) is 1. The van der Waals surface area contributed by atoms with Crippen LogP contribution in [0.5, 0.6) is 0 Å². The Balaban J connectivity index is 2.80. The maximum atomic E-state index is 13.4. The van der Waals surface area contributed by atoms with Crippen LogP contribution in [0.2, 0.25) is 0 Å². The molecule has 1 N–H and O–H groups in total. The van der Waals surface area contributed by atoms with Crippen LogP contribution in [0.1, 0.15) is 26.3 Å². The summed E-state index contributed by atoms with van der Waals surface area (Å²) in [5.74, 6) is -1.08. The molecule has 0 saturated heterocycles. The zero-order valence-electron chi connectivity index (χ0n) is 8.99. The van der Waals surface area contributed by atoms with E-state index in [2.05, 4.69) is 4.98 Å². The molecule has 2 aromatic rings. The minimum Gasteiger partial charge on any atom is -0.358 e. The van der Waals surface area contributed by atoms with Gasteiger partial charge in [-0.25, -0.2) is 8.78 Å². The van der Waals surface area contributed by atoms with E-state index in [0.29, 0.717) is 10.9 Å². The lowest BCUT2D eigenvalue weighted by Crippen LogP contribution is -2.10. The van der Waals surface area contributed by atoms with Crippen LogP contribution in [-0.2, 0) is 5.41 Å². The highest BCUT2D eigenvalue weighted by atomic mass is 19.1. The Hall–Kier alpha value is -1.38. The summed E-state index contributed by atoms with van der Waals surface area (Å²) in [6.45, 7) is 6.04. The Morgan fingerprint density at radius 1 is 1.13 bits per heavy atom. The Morgan fingerprint density at radius 3 is 2.40 bits per heavy atom. The van der Waals surface area contributed by atoms with Gasteiger partial charge in [0.15, 0.2) is 0 Å². The lowest BCUT2D eigenvalue weighted by Gasteiger charge is -2.17. The standard InChI is InChI=1S/C12H13F2N/c1-12(2,3)9-6-15-11-8(9)4-7(13)5-10(11)14/h4-6,15H,1-3H3. The molecule has 0 aliphatic heterocycles. The van der Waals surface area contributed by atoms with Gasteiger partial charge in [0.25, 0.3) is 0 Å². The molecule has 0 aliphatic rings. The number of rotatable bonds is 0. The summed E-state index contributed by atoms with van der Waals surface area (Å²) in [4.78, 5) is 2.85. The minimum atomic E-state index is -0.541. The van der Waals surface area contributed by atoms with Crippen LogP contribution >= 0.6 is 0 Å². The van der Waals surface area contributed by atoms with Crippen molar-refractivity contribution >= 4 is 10.9 Å². The fourth-order valence-corrected chi connectivity index (χ4v) is 1.78. The van der Waals surface area contributed by atoms with Crippen LogP contribution in [0.25, 0.3) is 10.9 Å². The van der Waals surface area contributed by atoms with Crippen LogP contribution in [0.15, 0.2) is 18.3 Å². The number of benzene rings is 1. The van der Waals surface area contributed by atoms with Crippen molar-refractivity contribution in [3.05, 3.63) is 35.5 Å². The lowest BCUT2D eigenvalue weighted by atomic mass is 9.87. The molecule has 1 heterocycles. The predicted octanol–water partition coefficient (Wildman–Crippen LogP) is 3.74. The second-order valence-electron chi connectivity index (χ2n) is 4.76. The smallest absolute Gasteiger partial charge is 0.150 e. The zero-order chi connectivity index (χ0) is 11.2. The molecule has 0 spiro atoms. The first-order valence-electron chi connectivity index (χ1n) is 4.86. The van der Waals surface area contributed by atoms with Crippen LogP contribution in [-0.4, -0.2) is 4.98 Å². The number of halogens is 2. The van der Waals surface area contributed by atoms with Gasteiger partial charge in [0.1, 0.15) is 11.6 Å². The topological polar surface area (TPSA) is 15.8 Å². The molecule has 0 radical (unpaired) electrons. The summed E-state index contributed by atoms with van der Waals surface area (Å²) < 4.78 is 26.5. The Labute approximate surface area is 87.1 Å². The highest BCUT2D eigenvalue weighted by molar-refractivity contribution is 5.84. The van der Waals surface area contributed by atoms with E-state index in [1.54, 1.807) is 6.20 Å². The first-order valence-corrected chi connectivity index (χ1v) is 4.86. The molecule has 1 aromatic heterocycles. The first kappa shape index (κ1) is 10.1. The van der Waals surface area contributed by atoms with Gasteiger partial charge in [0, 0.05) is 17.6 Å². The number of hydrogen-bond acceptors (Lipinski definition) is 0. The molecule has 0 atom stereocenters. The molecule has 0 aliphatic carbocycles. The Bertz CT molecular complexity index is 506. The first-order chi connectivity index (χ1) is 6.89. The Kier molecular flexibility index (Phi) is 2.07. The quantitative estimate of drug-likeness (QED) is 0.680. The monoisotopic (exact) mass is 209 g/mol. The average molecular weight is 209 g/mol. The second-order valence-corrected chi connectivity index (χ2v) is 4.76. The van der Waals surface area contributed by atoms with Crippen molar-refractivity contribution in [2.45, 2.75) is 26.2 Å². The van der Waals surface area contributed by atoms with Crippen LogP contribution in [0.4, 0.5) is 8.78 Å². The number of hydrogen-bond donors (Lipinski definition) is 1. The molecule has 0 unspecified atom stereocenters. The lowest BCUT2D eigenvalue weighted by molar-refractivity contribution is 0.587. The van der Waals surface area contributed by atoms with Gasteiger partial charge in [-0.05, 0) is 17.0 Å². The zero-order valence-corrected chi connectivity index (χ0v) is 8.99. The molecule has 0 saturated carbocycles. The van der Waals surface area contributed by atoms with Gasteiger partial charge in [-0.2, -0.15) is 0 Å². The van der Waals surface area contributed by atoms with Gasteiger partial charge < -0.3 is 4.98 Å². The molecule has 1 aromatic carbocycles. The van der Waals surface area contributed by atoms with Crippen LogP contribution < -0.4 is 0 Å². The molecule has 0 bridgehead atoms. The third-order valence-electron chi connectivity index (χ3n) is 2.51. The molecular weight excluding hydrogens is 196 g/mol. The van der Waals surface area contributed by atoms with E-state index in [1.807, 2.05) is 20.8 Å². The van der Waals surface area contributed by atoms with Gasteiger partial charge in [-0.15, -0.1) is 0 Å². The van der Waals surface area contributed by atoms with Gasteiger partial charge in [0.05, 0.1) is 5.52 Å². The van der Waals surface area contributed by atoms with E-state index in [-0.39, 0.29) is 5.41 Å². The van der Waals surface area contributed by atoms with E-state index < -0.39 is 11.6 Å². The van der Waals surface area contributed by atoms with Crippen molar-refractivity contribution in [3.63, 3.8) is 0 Å². The maximum absolute atomic E-state index is 13.4. The molecule has 80 valence electrons. The van der Waals surface area contributed by atoms with Gasteiger partial charge in [-0.1, -0.05) is 20.8 Å². The van der Waals surface area contributed by atoms with Crippen molar-refractivity contribution in [2.24, 2.45) is 0 Å². The van der Waals surface area contributed by atoms with E-state index in [4.69, 9.17) is 0 Å². The molecule has 0 amide bonds. The predicted molar refractivity (Wildman–Crippen MR) is 56.9 cm³/mol. The highest BCUT2D eigenvalue weighted by Crippen LogP contribution is 2.31. The van der Waals surface area contributed by atoms with Gasteiger partial charge in [0.2, 0.25) is 0 Å². The number of fused-ring (bicyclic) bond motifs is 1. The summed E-state index contributed by atoms with van der Waals surface area (Å²) in [5, 5.41) is 0.625. The van der Waals surface area contributed by atoms with Crippen LogP contribution in [0.3, 0.4) is 0 Å². The second kappa shape index (κ2) is 3.05. The minimum absolute atomic E-state index is 0.127. The molecule has 2 rings (SSSR count).